The predicted octanol–water partition coefficient (Wildman–Crippen LogP) is 2.22. The molecule has 4 aliphatic carbocycles. The highest BCUT2D eigenvalue weighted by Gasteiger charge is 2.59. The van der Waals surface area contributed by atoms with Crippen molar-refractivity contribution in [2.24, 2.45) is 35.5 Å². The van der Waals surface area contributed by atoms with E-state index in [9.17, 15) is 9.59 Å². The van der Waals surface area contributed by atoms with Crippen LogP contribution in [0.1, 0.15) is 38.5 Å². The monoisotopic (exact) mass is 218 g/mol. The van der Waals surface area contributed by atoms with E-state index in [2.05, 4.69) is 0 Å². The second-order valence-corrected chi connectivity index (χ2v) is 6.38. The van der Waals surface area contributed by atoms with Gasteiger partial charge in [-0.05, 0) is 49.4 Å². The fourth-order valence-electron chi connectivity index (χ4n) is 5.45. The number of carbonyl (C=O) groups is 2. The Kier molecular flexibility index (Phi) is 1.74. The molecule has 4 saturated carbocycles. The summed E-state index contributed by atoms with van der Waals surface area (Å²) in [6, 6.07) is 0. The smallest absolute Gasteiger partial charge is 0.136 e. The molecule has 0 amide bonds. The Morgan fingerprint density at radius 1 is 0.750 bits per heavy atom. The standard InChI is InChI=1S/C14H18O2/c15-11-3-1-7-5-9-10(13(7)11)6-8-2-4-12(16)14(8)9/h7-10,13-14H,1-6H2/t7-,8-,9+,10+,13-,14-/m1/s1. The minimum Gasteiger partial charge on any atom is -0.299 e. The average Bonchev–Trinajstić information content (AvgIpc) is 2.90. The number of hydrogen-bond donors (Lipinski definition) is 0. The summed E-state index contributed by atoms with van der Waals surface area (Å²) in [6.07, 6.45) is 6.25. The van der Waals surface area contributed by atoms with E-state index < -0.39 is 0 Å². The van der Waals surface area contributed by atoms with E-state index in [0.717, 1.165) is 25.7 Å². The Labute approximate surface area is 95.8 Å². The quantitative estimate of drug-likeness (QED) is 0.624. The van der Waals surface area contributed by atoms with Gasteiger partial charge in [0.25, 0.3) is 0 Å². The Bertz CT molecular complexity index is 337. The highest BCUT2D eigenvalue weighted by atomic mass is 16.1. The molecule has 0 aromatic rings. The Balaban J connectivity index is 1.68. The third-order valence-corrected chi connectivity index (χ3v) is 5.90. The lowest BCUT2D eigenvalue weighted by Gasteiger charge is -2.17. The molecule has 2 heteroatoms. The average molecular weight is 218 g/mol. The van der Waals surface area contributed by atoms with Crippen molar-refractivity contribution in [1.82, 2.24) is 0 Å². The molecule has 4 rings (SSSR count). The largest absolute Gasteiger partial charge is 0.299 e. The number of rotatable bonds is 0. The minimum atomic E-state index is 0.364. The number of carbonyl (C=O) groups excluding carboxylic acids is 2. The third kappa shape index (κ3) is 0.988. The summed E-state index contributed by atoms with van der Waals surface area (Å²) in [7, 11) is 0. The molecule has 0 aliphatic heterocycles. The molecule has 0 heterocycles. The molecule has 16 heavy (non-hydrogen) atoms. The van der Waals surface area contributed by atoms with E-state index in [1.165, 1.54) is 12.8 Å². The molecule has 0 N–H and O–H groups in total. The number of hydrogen-bond acceptors (Lipinski definition) is 2. The zero-order valence-electron chi connectivity index (χ0n) is 9.52. The molecular weight excluding hydrogens is 200 g/mol. The van der Waals surface area contributed by atoms with Gasteiger partial charge >= 0.3 is 0 Å². The van der Waals surface area contributed by atoms with Crippen molar-refractivity contribution in [3.63, 3.8) is 0 Å². The molecule has 0 aromatic heterocycles. The van der Waals surface area contributed by atoms with Gasteiger partial charge in [0.15, 0.2) is 0 Å². The molecule has 0 bridgehead atoms. The second-order valence-electron chi connectivity index (χ2n) is 6.38. The second kappa shape index (κ2) is 2.96. The lowest BCUT2D eigenvalue weighted by molar-refractivity contribution is -0.124. The van der Waals surface area contributed by atoms with Crippen molar-refractivity contribution in [3.05, 3.63) is 0 Å². The Morgan fingerprint density at radius 2 is 1.19 bits per heavy atom. The van der Waals surface area contributed by atoms with E-state index in [0.29, 0.717) is 47.1 Å². The van der Waals surface area contributed by atoms with Gasteiger partial charge in [-0.15, -0.1) is 0 Å². The van der Waals surface area contributed by atoms with E-state index in [1.54, 1.807) is 0 Å². The molecule has 0 radical (unpaired) electrons. The SMILES string of the molecule is O=C1CC[C@@H]2C[C@H]3[C@H](C[C@H]4CCC(=O)[C@H]43)[C@H]12. The lowest BCUT2D eigenvalue weighted by atomic mass is 9.86. The summed E-state index contributed by atoms with van der Waals surface area (Å²) in [6.45, 7) is 0. The van der Waals surface area contributed by atoms with Crippen LogP contribution >= 0.6 is 0 Å². The first-order valence-corrected chi connectivity index (χ1v) is 6.81. The van der Waals surface area contributed by atoms with Gasteiger partial charge in [0.05, 0.1) is 0 Å². The molecule has 4 fully saturated rings. The lowest BCUT2D eigenvalue weighted by Crippen LogP contribution is -2.21. The molecule has 2 nitrogen and oxygen atoms in total. The van der Waals surface area contributed by atoms with Crippen LogP contribution < -0.4 is 0 Å². The van der Waals surface area contributed by atoms with Gasteiger partial charge in [-0.2, -0.15) is 0 Å². The predicted molar refractivity (Wildman–Crippen MR) is 58.7 cm³/mol. The van der Waals surface area contributed by atoms with Crippen LogP contribution in [0.3, 0.4) is 0 Å². The first-order chi connectivity index (χ1) is 7.75. The van der Waals surface area contributed by atoms with Crippen LogP contribution in [-0.4, -0.2) is 11.6 Å². The zero-order chi connectivity index (χ0) is 10.9. The number of fused-ring (bicyclic) bond motifs is 5. The van der Waals surface area contributed by atoms with Crippen LogP contribution in [0.5, 0.6) is 0 Å². The summed E-state index contributed by atoms with van der Waals surface area (Å²) in [4.78, 5) is 23.8. The highest BCUT2D eigenvalue weighted by Crippen LogP contribution is 2.61. The van der Waals surface area contributed by atoms with Crippen LogP contribution in [0, 0.1) is 35.5 Å². The summed E-state index contributed by atoms with van der Waals surface area (Å²) in [5.41, 5.74) is 0. The van der Waals surface area contributed by atoms with Gasteiger partial charge in [0, 0.05) is 24.7 Å². The van der Waals surface area contributed by atoms with Gasteiger partial charge in [-0.25, -0.2) is 0 Å². The van der Waals surface area contributed by atoms with Crippen molar-refractivity contribution in [3.8, 4) is 0 Å². The molecule has 0 saturated heterocycles. The molecule has 0 unspecified atom stereocenters. The fourth-order valence-corrected chi connectivity index (χ4v) is 5.45. The highest BCUT2D eigenvalue weighted by molar-refractivity contribution is 5.87. The summed E-state index contributed by atoms with van der Waals surface area (Å²) < 4.78 is 0. The third-order valence-electron chi connectivity index (χ3n) is 5.90. The molecule has 86 valence electrons. The Morgan fingerprint density at radius 3 is 1.62 bits per heavy atom. The van der Waals surface area contributed by atoms with Crippen molar-refractivity contribution in [1.29, 1.82) is 0 Å². The topological polar surface area (TPSA) is 34.1 Å². The van der Waals surface area contributed by atoms with E-state index >= 15 is 0 Å². The van der Waals surface area contributed by atoms with Gasteiger partial charge in [0.2, 0.25) is 0 Å². The van der Waals surface area contributed by atoms with Crippen LogP contribution in [0.15, 0.2) is 0 Å². The Hall–Kier alpha value is -0.660. The maximum absolute atomic E-state index is 11.9. The molecular formula is C14H18O2. The van der Waals surface area contributed by atoms with Crippen molar-refractivity contribution < 1.29 is 9.59 Å². The number of ketones is 2. The summed E-state index contributed by atoms with van der Waals surface area (Å²) >= 11 is 0. The van der Waals surface area contributed by atoms with Crippen molar-refractivity contribution >= 4 is 11.6 Å². The van der Waals surface area contributed by atoms with Crippen LogP contribution in [-0.2, 0) is 9.59 Å². The van der Waals surface area contributed by atoms with Crippen LogP contribution in [0.4, 0.5) is 0 Å². The van der Waals surface area contributed by atoms with Crippen LogP contribution in [0.25, 0.3) is 0 Å². The van der Waals surface area contributed by atoms with Crippen molar-refractivity contribution in [2.75, 3.05) is 0 Å². The van der Waals surface area contributed by atoms with E-state index in [4.69, 9.17) is 0 Å². The zero-order valence-corrected chi connectivity index (χ0v) is 9.52. The number of Topliss-reactive ketones (excluding diaryl/α,β-unsaturated/α-hetero) is 2. The first-order valence-electron chi connectivity index (χ1n) is 6.81. The molecule has 0 aromatic carbocycles. The summed E-state index contributed by atoms with van der Waals surface area (Å²) in [5, 5.41) is 0. The van der Waals surface area contributed by atoms with Gasteiger partial charge < -0.3 is 0 Å². The van der Waals surface area contributed by atoms with Gasteiger partial charge in [0.1, 0.15) is 11.6 Å². The van der Waals surface area contributed by atoms with Crippen molar-refractivity contribution in [2.45, 2.75) is 38.5 Å². The van der Waals surface area contributed by atoms with Crippen LogP contribution in [0.2, 0.25) is 0 Å². The fraction of sp³-hybridized carbons (Fsp3) is 0.857. The van der Waals surface area contributed by atoms with Gasteiger partial charge in [-0.3, -0.25) is 9.59 Å². The maximum atomic E-state index is 11.9. The first kappa shape index (κ1) is 9.38. The van der Waals surface area contributed by atoms with E-state index in [1.807, 2.05) is 0 Å². The van der Waals surface area contributed by atoms with Gasteiger partial charge in [-0.1, -0.05) is 0 Å². The minimum absolute atomic E-state index is 0.364. The maximum Gasteiger partial charge on any atom is 0.136 e. The molecule has 4 aliphatic rings. The molecule has 0 spiro atoms. The van der Waals surface area contributed by atoms with E-state index in [-0.39, 0.29) is 0 Å². The summed E-state index contributed by atoms with van der Waals surface area (Å²) in [5.74, 6) is 4.26. The normalized spacial score (nSPS) is 54.2. The molecule has 6 atom stereocenters.